The highest BCUT2D eigenvalue weighted by atomic mass is 35.5. The highest BCUT2D eigenvalue weighted by molar-refractivity contribution is 6.31. The molecule has 1 aromatic carbocycles. The first-order valence-corrected chi connectivity index (χ1v) is 8.01. The van der Waals surface area contributed by atoms with Gasteiger partial charge in [0.05, 0.1) is 24.2 Å². The second-order valence-corrected chi connectivity index (χ2v) is 6.83. The number of carbonyl (C=O) groups excluding carboxylic acids is 1. The van der Waals surface area contributed by atoms with Gasteiger partial charge in [-0.05, 0) is 31.0 Å². The molecule has 0 bridgehead atoms. The number of nitrogens with zero attached hydrogens (tertiary/aromatic N) is 2. The van der Waals surface area contributed by atoms with Crippen LogP contribution in [0.2, 0.25) is 5.02 Å². The number of piperidine rings is 1. The van der Waals surface area contributed by atoms with Crippen molar-refractivity contribution in [1.82, 2.24) is 14.9 Å². The van der Waals surface area contributed by atoms with E-state index in [4.69, 9.17) is 16.3 Å². The summed E-state index contributed by atoms with van der Waals surface area (Å²) in [5.74, 6) is 1.01. The van der Waals surface area contributed by atoms with Crippen LogP contribution in [-0.4, -0.2) is 40.5 Å². The van der Waals surface area contributed by atoms with Crippen LogP contribution in [0.25, 0.3) is 11.0 Å². The standard InChI is InChI=1S/C16H18ClN3O2/c17-11-1-2-12-13(7-11)19-14(18-12)8-20-9-16(4-3-15(20)21)5-6-22-10-16/h1-2,7H,3-6,8-10H2,(H,18,19)/t16-/m1/s1. The lowest BCUT2D eigenvalue weighted by molar-refractivity contribution is -0.138. The zero-order valence-corrected chi connectivity index (χ0v) is 13.0. The van der Waals surface area contributed by atoms with Gasteiger partial charge in [0, 0.05) is 30.0 Å². The van der Waals surface area contributed by atoms with Gasteiger partial charge in [0.25, 0.3) is 0 Å². The molecule has 2 aliphatic heterocycles. The van der Waals surface area contributed by atoms with Crippen molar-refractivity contribution in [3.8, 4) is 0 Å². The average Bonchev–Trinajstić information content (AvgIpc) is 3.09. The Morgan fingerprint density at radius 2 is 2.32 bits per heavy atom. The van der Waals surface area contributed by atoms with Gasteiger partial charge in [-0.1, -0.05) is 11.6 Å². The van der Waals surface area contributed by atoms with Crippen molar-refractivity contribution in [2.45, 2.75) is 25.8 Å². The first-order chi connectivity index (χ1) is 10.6. The molecule has 1 spiro atoms. The molecule has 5 nitrogen and oxygen atoms in total. The van der Waals surface area contributed by atoms with Crippen molar-refractivity contribution in [2.75, 3.05) is 19.8 Å². The quantitative estimate of drug-likeness (QED) is 0.926. The molecule has 2 aliphatic rings. The summed E-state index contributed by atoms with van der Waals surface area (Å²) in [6.07, 6.45) is 2.60. The predicted molar refractivity (Wildman–Crippen MR) is 83.6 cm³/mol. The second kappa shape index (κ2) is 5.25. The number of ether oxygens (including phenoxy) is 1. The molecular weight excluding hydrogens is 302 g/mol. The SMILES string of the molecule is O=C1CC[C@@]2(CCOC2)CN1Cc1nc2ccc(Cl)cc2[nH]1. The van der Waals surface area contributed by atoms with E-state index in [1.165, 1.54) is 0 Å². The van der Waals surface area contributed by atoms with E-state index in [1.54, 1.807) is 0 Å². The highest BCUT2D eigenvalue weighted by Crippen LogP contribution is 2.38. The summed E-state index contributed by atoms with van der Waals surface area (Å²) in [7, 11) is 0. The minimum absolute atomic E-state index is 0.156. The summed E-state index contributed by atoms with van der Waals surface area (Å²) in [4.78, 5) is 22.0. The number of rotatable bonds is 2. The summed E-state index contributed by atoms with van der Waals surface area (Å²) >= 11 is 6.00. The zero-order chi connectivity index (χ0) is 15.2. The number of H-pyrrole nitrogens is 1. The summed E-state index contributed by atoms with van der Waals surface area (Å²) < 4.78 is 5.56. The van der Waals surface area contributed by atoms with Crippen molar-refractivity contribution in [3.63, 3.8) is 0 Å². The van der Waals surface area contributed by atoms with Gasteiger partial charge in [0.1, 0.15) is 5.82 Å². The number of imidazole rings is 1. The molecule has 22 heavy (non-hydrogen) atoms. The van der Waals surface area contributed by atoms with Crippen molar-refractivity contribution >= 4 is 28.5 Å². The maximum atomic E-state index is 12.2. The van der Waals surface area contributed by atoms with Crippen LogP contribution in [0.15, 0.2) is 18.2 Å². The van der Waals surface area contributed by atoms with Crippen LogP contribution in [0.5, 0.6) is 0 Å². The fourth-order valence-corrected chi connectivity index (χ4v) is 3.68. The summed E-state index contributed by atoms with van der Waals surface area (Å²) in [6, 6.07) is 5.57. The Labute approximate surface area is 133 Å². The molecule has 0 unspecified atom stereocenters. The van der Waals surface area contributed by atoms with Crippen LogP contribution in [0.3, 0.4) is 0 Å². The molecule has 4 rings (SSSR count). The van der Waals surface area contributed by atoms with Gasteiger partial charge in [-0.15, -0.1) is 0 Å². The lowest BCUT2D eigenvalue weighted by Crippen LogP contribution is -2.46. The van der Waals surface area contributed by atoms with Crippen LogP contribution < -0.4 is 0 Å². The molecule has 2 saturated heterocycles. The van der Waals surface area contributed by atoms with Crippen molar-refractivity contribution in [1.29, 1.82) is 0 Å². The molecule has 116 valence electrons. The number of hydrogen-bond donors (Lipinski definition) is 1. The highest BCUT2D eigenvalue weighted by Gasteiger charge is 2.41. The molecule has 1 N–H and O–H groups in total. The van der Waals surface area contributed by atoms with Gasteiger partial charge >= 0.3 is 0 Å². The van der Waals surface area contributed by atoms with Gasteiger partial charge in [-0.25, -0.2) is 4.98 Å². The van der Waals surface area contributed by atoms with E-state index in [-0.39, 0.29) is 11.3 Å². The molecule has 1 amide bonds. The molecule has 3 heterocycles. The fourth-order valence-electron chi connectivity index (χ4n) is 3.51. The largest absolute Gasteiger partial charge is 0.381 e. The minimum atomic E-state index is 0.156. The molecule has 0 radical (unpaired) electrons. The number of carbonyl (C=O) groups is 1. The molecular formula is C16H18ClN3O2. The van der Waals surface area contributed by atoms with E-state index >= 15 is 0 Å². The monoisotopic (exact) mass is 319 g/mol. The van der Waals surface area contributed by atoms with Gasteiger partial charge in [-0.2, -0.15) is 0 Å². The zero-order valence-electron chi connectivity index (χ0n) is 12.3. The number of nitrogens with one attached hydrogen (secondary N) is 1. The molecule has 1 atom stereocenters. The summed E-state index contributed by atoms with van der Waals surface area (Å²) in [5.41, 5.74) is 1.94. The number of fused-ring (bicyclic) bond motifs is 1. The smallest absolute Gasteiger partial charge is 0.223 e. The first kappa shape index (κ1) is 14.0. The van der Waals surface area contributed by atoms with Crippen LogP contribution >= 0.6 is 11.6 Å². The minimum Gasteiger partial charge on any atom is -0.381 e. The lowest BCUT2D eigenvalue weighted by Gasteiger charge is -2.38. The lowest BCUT2D eigenvalue weighted by atomic mass is 9.79. The van der Waals surface area contributed by atoms with E-state index in [1.807, 2.05) is 23.1 Å². The number of aromatic amines is 1. The number of halogens is 1. The van der Waals surface area contributed by atoms with E-state index in [0.717, 1.165) is 49.5 Å². The maximum absolute atomic E-state index is 12.2. The Morgan fingerprint density at radius 1 is 1.41 bits per heavy atom. The van der Waals surface area contributed by atoms with Crippen molar-refractivity contribution in [3.05, 3.63) is 29.0 Å². The van der Waals surface area contributed by atoms with E-state index in [9.17, 15) is 4.79 Å². The Hall–Kier alpha value is -1.59. The van der Waals surface area contributed by atoms with E-state index < -0.39 is 0 Å². The van der Waals surface area contributed by atoms with E-state index in [0.29, 0.717) is 18.0 Å². The second-order valence-electron chi connectivity index (χ2n) is 6.40. The molecule has 0 saturated carbocycles. The molecule has 0 aliphatic carbocycles. The third-order valence-corrected chi connectivity index (χ3v) is 5.00. The first-order valence-electron chi connectivity index (χ1n) is 7.63. The predicted octanol–water partition coefficient (Wildman–Crippen LogP) is 2.75. The van der Waals surface area contributed by atoms with E-state index in [2.05, 4.69) is 9.97 Å². The average molecular weight is 320 g/mol. The van der Waals surface area contributed by atoms with Gasteiger partial charge in [-0.3, -0.25) is 4.79 Å². The van der Waals surface area contributed by atoms with Crippen LogP contribution in [0.1, 0.15) is 25.1 Å². The Morgan fingerprint density at radius 3 is 3.14 bits per heavy atom. The number of hydrogen-bond acceptors (Lipinski definition) is 3. The topological polar surface area (TPSA) is 58.2 Å². The van der Waals surface area contributed by atoms with Gasteiger partial charge < -0.3 is 14.6 Å². The van der Waals surface area contributed by atoms with Crippen LogP contribution in [0.4, 0.5) is 0 Å². The third kappa shape index (κ3) is 2.48. The Balaban J connectivity index is 1.56. The molecule has 6 heteroatoms. The summed E-state index contributed by atoms with van der Waals surface area (Å²) in [6.45, 7) is 2.87. The van der Waals surface area contributed by atoms with Gasteiger partial charge in [0.2, 0.25) is 5.91 Å². The van der Waals surface area contributed by atoms with Crippen molar-refractivity contribution < 1.29 is 9.53 Å². The fraction of sp³-hybridized carbons (Fsp3) is 0.500. The van der Waals surface area contributed by atoms with Crippen molar-refractivity contribution in [2.24, 2.45) is 5.41 Å². The third-order valence-electron chi connectivity index (χ3n) is 4.77. The Bertz CT molecular complexity index is 721. The van der Waals surface area contributed by atoms with Gasteiger partial charge in [0.15, 0.2) is 0 Å². The number of likely N-dealkylation sites (tertiary alicyclic amines) is 1. The Kier molecular flexibility index (Phi) is 3.35. The molecule has 1 aromatic heterocycles. The normalized spacial score (nSPS) is 25.5. The summed E-state index contributed by atoms with van der Waals surface area (Å²) in [5, 5.41) is 0.679. The maximum Gasteiger partial charge on any atom is 0.223 e. The molecule has 2 fully saturated rings. The van der Waals surface area contributed by atoms with Crippen LogP contribution in [0, 0.1) is 5.41 Å². The number of aromatic nitrogens is 2. The number of amides is 1. The number of benzene rings is 1. The molecule has 2 aromatic rings. The van der Waals surface area contributed by atoms with Crippen LogP contribution in [-0.2, 0) is 16.1 Å².